The first kappa shape index (κ1) is 25.2. The molecule has 1 aromatic carbocycles. The molecule has 0 saturated heterocycles. The number of nitrogens with one attached hydrogen (secondary N) is 1. The summed E-state index contributed by atoms with van der Waals surface area (Å²) in [5, 5.41) is 12.6. The Labute approximate surface area is 188 Å². The summed E-state index contributed by atoms with van der Waals surface area (Å²) in [6, 6.07) is 9.59. The van der Waals surface area contributed by atoms with Gasteiger partial charge in [0, 0.05) is 6.54 Å². The summed E-state index contributed by atoms with van der Waals surface area (Å²) >= 11 is 0. The van der Waals surface area contributed by atoms with Crippen molar-refractivity contribution in [3.8, 4) is 0 Å². The Hall–Kier alpha value is -2.04. The zero-order chi connectivity index (χ0) is 22.3. The summed E-state index contributed by atoms with van der Waals surface area (Å²) in [5.74, 6) is 0.0570. The fourth-order valence-corrected chi connectivity index (χ4v) is 4.42. The van der Waals surface area contributed by atoms with E-state index in [4.69, 9.17) is 4.74 Å². The number of ether oxygens (including phenoxy) is 1. The van der Waals surface area contributed by atoms with E-state index in [1.165, 1.54) is 44.9 Å². The predicted octanol–water partition coefficient (Wildman–Crippen LogP) is 6.56. The average Bonchev–Trinajstić information content (AvgIpc) is 3.61. The molecule has 174 valence electrons. The first-order chi connectivity index (χ1) is 15.1. The molecule has 0 radical (unpaired) electrons. The number of alkyl carbamates (subject to hydrolysis) is 1. The third-order valence-corrected chi connectivity index (χ3v) is 6.38. The van der Waals surface area contributed by atoms with Gasteiger partial charge in [-0.3, -0.25) is 4.79 Å². The number of unbranched alkanes of at least 4 members (excludes halogenated alkanes) is 6. The Balaban J connectivity index is 1.62. The van der Waals surface area contributed by atoms with Crippen LogP contribution in [0, 0.1) is 17.8 Å². The van der Waals surface area contributed by atoms with Crippen molar-refractivity contribution in [1.82, 2.24) is 5.32 Å². The molecule has 0 bridgehead atoms. The molecule has 1 aromatic rings. The first-order valence-electron chi connectivity index (χ1n) is 12.3. The van der Waals surface area contributed by atoms with E-state index in [1.54, 1.807) is 0 Å². The van der Waals surface area contributed by atoms with Crippen LogP contribution in [0.15, 0.2) is 30.3 Å². The Bertz CT molecular complexity index is 630. The minimum absolute atomic E-state index is 0.242. The highest BCUT2D eigenvalue weighted by atomic mass is 16.5. The van der Waals surface area contributed by atoms with Crippen molar-refractivity contribution in [2.24, 2.45) is 17.8 Å². The summed E-state index contributed by atoms with van der Waals surface area (Å²) in [6.45, 7) is 3.00. The summed E-state index contributed by atoms with van der Waals surface area (Å²) in [5.41, 5.74) is 0.957. The molecule has 1 amide bonds. The van der Waals surface area contributed by atoms with Crippen LogP contribution >= 0.6 is 0 Å². The van der Waals surface area contributed by atoms with Crippen LogP contribution in [0.1, 0.15) is 89.5 Å². The van der Waals surface area contributed by atoms with Gasteiger partial charge in [0.2, 0.25) is 0 Å². The molecule has 2 rings (SSSR count). The van der Waals surface area contributed by atoms with Gasteiger partial charge in [0.25, 0.3) is 0 Å². The molecule has 1 aliphatic rings. The summed E-state index contributed by atoms with van der Waals surface area (Å²) < 4.78 is 5.21. The average molecular weight is 432 g/mol. The molecular formula is C26H41NO4. The second kappa shape index (κ2) is 14.9. The van der Waals surface area contributed by atoms with Crippen molar-refractivity contribution < 1.29 is 19.4 Å². The van der Waals surface area contributed by atoms with Gasteiger partial charge >= 0.3 is 12.1 Å². The zero-order valence-corrected chi connectivity index (χ0v) is 19.2. The molecule has 0 heterocycles. The first-order valence-corrected chi connectivity index (χ1v) is 12.3. The van der Waals surface area contributed by atoms with E-state index in [0.717, 1.165) is 31.2 Å². The number of carboxylic acid groups (broad SMARTS) is 1. The highest BCUT2D eigenvalue weighted by Gasteiger charge is 2.38. The van der Waals surface area contributed by atoms with Crippen molar-refractivity contribution in [2.45, 2.75) is 90.6 Å². The quantitative estimate of drug-likeness (QED) is 0.274. The molecule has 1 fully saturated rings. The van der Waals surface area contributed by atoms with Crippen LogP contribution in [0.25, 0.3) is 0 Å². The lowest BCUT2D eigenvalue weighted by Gasteiger charge is -2.24. The normalized spacial score (nSPS) is 15.3. The zero-order valence-electron chi connectivity index (χ0n) is 19.2. The van der Waals surface area contributed by atoms with Gasteiger partial charge in [-0.1, -0.05) is 82.2 Å². The van der Waals surface area contributed by atoms with E-state index in [1.807, 2.05) is 30.3 Å². The predicted molar refractivity (Wildman–Crippen MR) is 124 cm³/mol. The maximum atomic E-state index is 11.9. The van der Waals surface area contributed by atoms with Crippen molar-refractivity contribution in [3.05, 3.63) is 35.9 Å². The van der Waals surface area contributed by atoms with E-state index in [2.05, 4.69) is 12.2 Å². The Morgan fingerprint density at radius 1 is 1.00 bits per heavy atom. The van der Waals surface area contributed by atoms with Gasteiger partial charge in [0.15, 0.2) is 0 Å². The number of benzene rings is 1. The minimum atomic E-state index is -0.641. The molecule has 31 heavy (non-hydrogen) atoms. The number of rotatable bonds is 17. The highest BCUT2D eigenvalue weighted by Crippen LogP contribution is 2.44. The van der Waals surface area contributed by atoms with Crippen molar-refractivity contribution in [2.75, 3.05) is 6.54 Å². The van der Waals surface area contributed by atoms with Gasteiger partial charge in [-0.05, 0) is 49.5 Å². The van der Waals surface area contributed by atoms with Crippen LogP contribution in [-0.2, 0) is 16.1 Å². The second-order valence-corrected chi connectivity index (χ2v) is 8.99. The van der Waals surface area contributed by atoms with Gasteiger partial charge in [0.1, 0.15) is 6.61 Å². The fourth-order valence-electron chi connectivity index (χ4n) is 4.42. The monoisotopic (exact) mass is 431 g/mol. The Kier molecular flexibility index (Phi) is 12.1. The fraction of sp³-hybridized carbons (Fsp3) is 0.692. The lowest BCUT2D eigenvalue weighted by molar-refractivity contribution is -0.144. The summed E-state index contributed by atoms with van der Waals surface area (Å²) in [6.07, 6.45) is 12.8. The van der Waals surface area contributed by atoms with Crippen LogP contribution in [-0.4, -0.2) is 23.7 Å². The molecule has 2 atom stereocenters. The molecule has 2 unspecified atom stereocenters. The lowest BCUT2D eigenvalue weighted by Crippen LogP contribution is -2.27. The van der Waals surface area contributed by atoms with E-state index < -0.39 is 12.1 Å². The van der Waals surface area contributed by atoms with Crippen molar-refractivity contribution in [3.63, 3.8) is 0 Å². The molecule has 0 aromatic heterocycles. The van der Waals surface area contributed by atoms with E-state index in [0.29, 0.717) is 24.8 Å². The van der Waals surface area contributed by atoms with Gasteiger partial charge in [0.05, 0.1) is 5.92 Å². The lowest BCUT2D eigenvalue weighted by atomic mass is 9.81. The van der Waals surface area contributed by atoms with Crippen LogP contribution in [0.4, 0.5) is 4.79 Å². The number of amides is 1. The molecule has 0 spiro atoms. The van der Waals surface area contributed by atoms with E-state index in [9.17, 15) is 14.7 Å². The number of hydrogen-bond acceptors (Lipinski definition) is 3. The molecule has 5 heteroatoms. The molecule has 5 nitrogen and oxygen atoms in total. The highest BCUT2D eigenvalue weighted by molar-refractivity contribution is 5.70. The Morgan fingerprint density at radius 3 is 2.35 bits per heavy atom. The van der Waals surface area contributed by atoms with Gasteiger partial charge in [-0.2, -0.15) is 0 Å². The van der Waals surface area contributed by atoms with Crippen LogP contribution in [0.3, 0.4) is 0 Å². The van der Waals surface area contributed by atoms with Crippen molar-refractivity contribution >= 4 is 12.1 Å². The van der Waals surface area contributed by atoms with Gasteiger partial charge in [-0.15, -0.1) is 0 Å². The molecule has 1 aliphatic carbocycles. The number of carboxylic acids is 1. The Morgan fingerprint density at radius 2 is 1.68 bits per heavy atom. The minimum Gasteiger partial charge on any atom is -0.481 e. The second-order valence-electron chi connectivity index (χ2n) is 8.99. The summed E-state index contributed by atoms with van der Waals surface area (Å²) in [4.78, 5) is 23.8. The summed E-state index contributed by atoms with van der Waals surface area (Å²) in [7, 11) is 0. The number of hydrogen-bond donors (Lipinski definition) is 2. The van der Waals surface area contributed by atoms with Gasteiger partial charge in [-0.25, -0.2) is 4.79 Å². The number of aliphatic carboxylic acids is 1. The van der Waals surface area contributed by atoms with Crippen LogP contribution in [0.5, 0.6) is 0 Å². The standard InChI is InChI=1S/C26H41NO4/c1-2-3-4-5-6-10-15-23(22-17-18-22)24(25(28)29)16-11-12-19-27-26(30)31-20-21-13-8-7-9-14-21/h7-9,13-14,22-24H,2-6,10-12,15-20H2,1H3,(H,27,30)(H,28,29). The SMILES string of the molecule is CCCCCCCCC(C1CC1)C(CCCCNC(=O)OCc1ccccc1)C(=O)O. The van der Waals surface area contributed by atoms with Crippen molar-refractivity contribution in [1.29, 1.82) is 0 Å². The maximum Gasteiger partial charge on any atom is 0.407 e. The topological polar surface area (TPSA) is 75.6 Å². The van der Waals surface area contributed by atoms with E-state index >= 15 is 0 Å². The smallest absolute Gasteiger partial charge is 0.407 e. The van der Waals surface area contributed by atoms with E-state index in [-0.39, 0.29) is 12.5 Å². The van der Waals surface area contributed by atoms with Crippen LogP contribution < -0.4 is 5.32 Å². The molecular weight excluding hydrogens is 390 g/mol. The molecule has 2 N–H and O–H groups in total. The number of carbonyl (C=O) groups excluding carboxylic acids is 1. The maximum absolute atomic E-state index is 11.9. The van der Waals surface area contributed by atoms with Gasteiger partial charge < -0.3 is 15.2 Å². The molecule has 1 saturated carbocycles. The third kappa shape index (κ3) is 10.7. The third-order valence-electron chi connectivity index (χ3n) is 6.38. The largest absolute Gasteiger partial charge is 0.481 e. The number of carbonyl (C=O) groups is 2. The molecule has 0 aliphatic heterocycles. The van der Waals surface area contributed by atoms with Crippen LogP contribution in [0.2, 0.25) is 0 Å².